The molecule has 0 N–H and O–H groups in total. The van der Waals surface area contributed by atoms with Crippen molar-refractivity contribution in [3.63, 3.8) is 0 Å². The van der Waals surface area contributed by atoms with Crippen LogP contribution in [0.5, 0.6) is 0 Å². The van der Waals surface area contributed by atoms with E-state index in [4.69, 9.17) is 9.40 Å². The molecule has 1 unspecified atom stereocenters. The van der Waals surface area contributed by atoms with E-state index >= 15 is 0 Å². The second-order valence-electron chi connectivity index (χ2n) is 6.35. The van der Waals surface area contributed by atoms with E-state index in [-0.39, 0.29) is 0 Å². The number of pyridine rings is 1. The molecule has 0 aromatic carbocycles. The van der Waals surface area contributed by atoms with Crippen molar-refractivity contribution in [3.8, 4) is 11.6 Å². The summed E-state index contributed by atoms with van der Waals surface area (Å²) in [5.41, 5.74) is 1.88. The van der Waals surface area contributed by atoms with E-state index in [1.54, 1.807) is 0 Å². The van der Waals surface area contributed by atoms with Crippen LogP contribution in [-0.4, -0.2) is 39.1 Å². The highest BCUT2D eigenvalue weighted by atomic mass is 16.3. The summed E-state index contributed by atoms with van der Waals surface area (Å²) in [6, 6.07) is 7.94. The maximum atomic E-state index is 5.83. The van der Waals surface area contributed by atoms with Crippen LogP contribution in [0.4, 0.5) is 0 Å². The van der Waals surface area contributed by atoms with Crippen molar-refractivity contribution in [2.24, 2.45) is 5.92 Å². The summed E-state index contributed by atoms with van der Waals surface area (Å²) < 4.78 is 8.06. The van der Waals surface area contributed by atoms with Crippen molar-refractivity contribution in [2.45, 2.75) is 26.8 Å². The van der Waals surface area contributed by atoms with Crippen molar-refractivity contribution >= 4 is 11.2 Å². The average Bonchev–Trinajstić information content (AvgIpc) is 3.27. The number of fused-ring (bicyclic) bond motifs is 1. The maximum Gasteiger partial charge on any atom is 0.178 e. The first kappa shape index (κ1) is 14.5. The van der Waals surface area contributed by atoms with Gasteiger partial charge in [-0.25, -0.2) is 9.97 Å². The van der Waals surface area contributed by atoms with E-state index in [9.17, 15) is 0 Å². The second kappa shape index (κ2) is 5.81. The van der Waals surface area contributed by atoms with Gasteiger partial charge in [0.1, 0.15) is 11.3 Å². The lowest BCUT2D eigenvalue weighted by atomic mass is 10.1. The number of nitrogens with zero attached hydrogens (tertiary/aromatic N) is 4. The highest BCUT2D eigenvalue weighted by Crippen LogP contribution is 2.28. The Labute approximate surface area is 135 Å². The third kappa shape index (κ3) is 2.65. The number of hydrogen-bond acceptors (Lipinski definition) is 4. The first-order chi connectivity index (χ1) is 11.2. The fourth-order valence-electron chi connectivity index (χ4n) is 3.48. The quantitative estimate of drug-likeness (QED) is 0.741. The van der Waals surface area contributed by atoms with Gasteiger partial charge in [-0.2, -0.15) is 0 Å². The van der Waals surface area contributed by atoms with Crippen LogP contribution in [0.3, 0.4) is 0 Å². The van der Waals surface area contributed by atoms with Crippen molar-refractivity contribution in [3.05, 3.63) is 36.2 Å². The molecule has 1 aliphatic heterocycles. The van der Waals surface area contributed by atoms with Gasteiger partial charge in [0.15, 0.2) is 17.2 Å². The number of rotatable bonds is 4. The molecule has 3 aromatic heterocycles. The molecule has 1 saturated heterocycles. The number of furan rings is 1. The molecule has 0 spiro atoms. The monoisotopic (exact) mass is 310 g/mol. The molecule has 1 atom stereocenters. The van der Waals surface area contributed by atoms with E-state index in [0.29, 0.717) is 5.92 Å². The molecule has 0 amide bonds. The topological polar surface area (TPSA) is 47.1 Å². The Balaban J connectivity index is 1.74. The van der Waals surface area contributed by atoms with Crippen LogP contribution in [0.25, 0.3) is 22.7 Å². The largest absolute Gasteiger partial charge is 0.458 e. The number of hydrogen-bond donors (Lipinski definition) is 0. The Kier molecular flexibility index (Phi) is 3.65. The zero-order valence-electron chi connectivity index (χ0n) is 13.7. The summed E-state index contributed by atoms with van der Waals surface area (Å²) in [6.07, 6.45) is 3.07. The minimum atomic E-state index is 0.643. The molecule has 3 aromatic rings. The van der Waals surface area contributed by atoms with Crippen LogP contribution in [0, 0.1) is 12.8 Å². The van der Waals surface area contributed by atoms with Crippen LogP contribution < -0.4 is 0 Å². The molecule has 0 saturated carbocycles. The second-order valence-corrected chi connectivity index (χ2v) is 6.35. The van der Waals surface area contributed by atoms with E-state index in [0.717, 1.165) is 48.1 Å². The Morgan fingerprint density at radius 1 is 1.30 bits per heavy atom. The van der Waals surface area contributed by atoms with Gasteiger partial charge < -0.3 is 13.9 Å². The SMILES string of the molecule is CCN1CCC(Cn2c(-c3ccc(C)o3)nc3cccnc32)C1. The van der Waals surface area contributed by atoms with Gasteiger partial charge in [0.25, 0.3) is 0 Å². The Morgan fingerprint density at radius 2 is 2.22 bits per heavy atom. The number of likely N-dealkylation sites (tertiary alicyclic amines) is 1. The van der Waals surface area contributed by atoms with Gasteiger partial charge in [0.2, 0.25) is 0 Å². The first-order valence-electron chi connectivity index (χ1n) is 8.35. The van der Waals surface area contributed by atoms with Crippen molar-refractivity contribution in [1.29, 1.82) is 0 Å². The van der Waals surface area contributed by atoms with Gasteiger partial charge >= 0.3 is 0 Å². The molecule has 0 aliphatic carbocycles. The molecule has 5 nitrogen and oxygen atoms in total. The summed E-state index contributed by atoms with van der Waals surface area (Å²) in [5.74, 6) is 3.27. The molecule has 4 heterocycles. The predicted octanol–water partition coefficient (Wildman–Crippen LogP) is 3.34. The summed E-state index contributed by atoms with van der Waals surface area (Å²) >= 11 is 0. The first-order valence-corrected chi connectivity index (χ1v) is 8.35. The molecule has 1 fully saturated rings. The lowest BCUT2D eigenvalue weighted by molar-refractivity contribution is 0.333. The highest BCUT2D eigenvalue weighted by molar-refractivity contribution is 5.75. The van der Waals surface area contributed by atoms with Gasteiger partial charge in [-0.1, -0.05) is 6.92 Å². The van der Waals surface area contributed by atoms with Crippen molar-refractivity contribution in [1.82, 2.24) is 19.4 Å². The van der Waals surface area contributed by atoms with Gasteiger partial charge in [-0.15, -0.1) is 0 Å². The smallest absolute Gasteiger partial charge is 0.178 e. The summed E-state index contributed by atoms with van der Waals surface area (Å²) in [4.78, 5) is 11.8. The third-order valence-electron chi connectivity index (χ3n) is 4.72. The molecule has 4 rings (SSSR count). The lowest BCUT2D eigenvalue weighted by Gasteiger charge is -2.15. The van der Waals surface area contributed by atoms with Crippen molar-refractivity contribution < 1.29 is 4.42 Å². The molecular weight excluding hydrogens is 288 g/mol. The summed E-state index contributed by atoms with van der Waals surface area (Å²) in [7, 11) is 0. The normalized spacial score (nSPS) is 19.0. The highest BCUT2D eigenvalue weighted by Gasteiger charge is 2.24. The van der Waals surface area contributed by atoms with Crippen LogP contribution in [0.1, 0.15) is 19.1 Å². The number of imidazole rings is 1. The van der Waals surface area contributed by atoms with Crippen LogP contribution in [0.15, 0.2) is 34.9 Å². The minimum Gasteiger partial charge on any atom is -0.458 e. The average molecular weight is 310 g/mol. The molecular formula is C18H22N4O. The van der Waals surface area contributed by atoms with E-state index in [1.165, 1.54) is 13.0 Å². The molecule has 0 radical (unpaired) electrons. The predicted molar refractivity (Wildman–Crippen MR) is 90.2 cm³/mol. The van der Waals surface area contributed by atoms with Crippen LogP contribution in [-0.2, 0) is 6.54 Å². The van der Waals surface area contributed by atoms with Crippen molar-refractivity contribution in [2.75, 3.05) is 19.6 Å². The van der Waals surface area contributed by atoms with E-state index in [2.05, 4.69) is 21.4 Å². The Bertz CT molecular complexity index is 819. The zero-order valence-corrected chi connectivity index (χ0v) is 13.7. The Morgan fingerprint density at radius 3 is 2.96 bits per heavy atom. The van der Waals surface area contributed by atoms with Gasteiger partial charge in [-0.3, -0.25) is 0 Å². The summed E-state index contributed by atoms with van der Waals surface area (Å²) in [5, 5.41) is 0. The van der Waals surface area contributed by atoms with Gasteiger partial charge in [0.05, 0.1) is 0 Å². The molecule has 1 aliphatic rings. The van der Waals surface area contributed by atoms with Gasteiger partial charge in [0, 0.05) is 19.3 Å². The third-order valence-corrected chi connectivity index (χ3v) is 4.72. The maximum absolute atomic E-state index is 5.83. The number of aryl methyl sites for hydroxylation is 1. The van der Waals surface area contributed by atoms with Crippen LogP contribution >= 0.6 is 0 Å². The molecule has 0 bridgehead atoms. The fraction of sp³-hybridized carbons (Fsp3) is 0.444. The minimum absolute atomic E-state index is 0.643. The summed E-state index contributed by atoms with van der Waals surface area (Å²) in [6.45, 7) is 8.61. The number of aromatic nitrogens is 3. The van der Waals surface area contributed by atoms with E-state index in [1.807, 2.05) is 37.4 Å². The molecule has 5 heteroatoms. The molecule has 23 heavy (non-hydrogen) atoms. The Hall–Kier alpha value is -2.14. The van der Waals surface area contributed by atoms with Gasteiger partial charge in [-0.05, 0) is 56.6 Å². The standard InChI is InChI=1S/C18H22N4O/c1-3-21-10-8-14(11-21)12-22-17-15(5-4-9-19-17)20-18(22)16-7-6-13(2)23-16/h4-7,9,14H,3,8,10-12H2,1-2H3. The fourth-order valence-corrected chi connectivity index (χ4v) is 3.48. The van der Waals surface area contributed by atoms with Crippen LogP contribution in [0.2, 0.25) is 0 Å². The lowest BCUT2D eigenvalue weighted by Crippen LogP contribution is -2.21. The van der Waals surface area contributed by atoms with E-state index < -0.39 is 0 Å². The zero-order chi connectivity index (χ0) is 15.8. The molecule has 120 valence electrons.